The van der Waals surface area contributed by atoms with E-state index in [4.69, 9.17) is 38.8 Å². The molecule has 20 heavy (non-hydrogen) atoms. The van der Waals surface area contributed by atoms with Gasteiger partial charge in [-0.15, -0.1) is 0 Å². The number of benzene rings is 2. The first-order chi connectivity index (χ1) is 9.49. The Hall–Kier alpha value is -1.91. The summed E-state index contributed by atoms with van der Waals surface area (Å²) in [7, 11) is 0. The summed E-state index contributed by atoms with van der Waals surface area (Å²) in [6, 6.07) is 9.66. The molecule has 0 aromatic heterocycles. The van der Waals surface area contributed by atoms with E-state index in [1.54, 1.807) is 30.3 Å². The molecule has 0 aliphatic carbocycles. The Bertz CT molecular complexity index is 659. The maximum absolute atomic E-state index is 11.2. The van der Waals surface area contributed by atoms with Crippen molar-refractivity contribution in [2.75, 3.05) is 5.73 Å². The molecule has 0 aliphatic rings. The van der Waals surface area contributed by atoms with Crippen molar-refractivity contribution in [3.05, 3.63) is 57.6 Å². The van der Waals surface area contributed by atoms with Crippen LogP contribution in [0.15, 0.2) is 36.4 Å². The molecule has 0 aliphatic heterocycles. The molecular formula is C14H11Cl2NO3. The van der Waals surface area contributed by atoms with Gasteiger partial charge < -0.3 is 15.6 Å². The fourth-order valence-electron chi connectivity index (χ4n) is 1.75. The number of carbonyl (C=O) groups is 1. The van der Waals surface area contributed by atoms with Gasteiger partial charge in [0.2, 0.25) is 0 Å². The third-order valence-electron chi connectivity index (χ3n) is 2.67. The van der Waals surface area contributed by atoms with Gasteiger partial charge in [0.25, 0.3) is 0 Å². The molecule has 4 nitrogen and oxygen atoms in total. The fraction of sp³-hybridized carbons (Fsp3) is 0.0714. The highest BCUT2D eigenvalue weighted by atomic mass is 35.5. The largest absolute Gasteiger partial charge is 0.487 e. The molecule has 2 aromatic carbocycles. The second-order valence-corrected chi connectivity index (χ2v) is 4.89. The molecule has 0 spiro atoms. The van der Waals surface area contributed by atoms with E-state index in [0.29, 0.717) is 21.4 Å². The normalized spacial score (nSPS) is 10.3. The van der Waals surface area contributed by atoms with E-state index in [-0.39, 0.29) is 17.9 Å². The molecule has 104 valence electrons. The Morgan fingerprint density at radius 3 is 2.65 bits per heavy atom. The predicted octanol–water partition coefficient (Wildman–Crippen LogP) is 3.85. The minimum atomic E-state index is -1.09. The zero-order chi connectivity index (χ0) is 14.7. The molecule has 0 saturated heterocycles. The summed E-state index contributed by atoms with van der Waals surface area (Å²) < 4.78 is 5.51. The van der Waals surface area contributed by atoms with Crippen LogP contribution in [0.4, 0.5) is 5.69 Å². The Balaban J connectivity index is 2.23. The van der Waals surface area contributed by atoms with Crippen LogP contribution in [0.1, 0.15) is 15.9 Å². The molecule has 0 atom stereocenters. The monoisotopic (exact) mass is 311 g/mol. The van der Waals surface area contributed by atoms with Crippen LogP contribution in [0.5, 0.6) is 5.75 Å². The second-order valence-electron chi connectivity index (χ2n) is 4.05. The first-order valence-corrected chi connectivity index (χ1v) is 6.43. The Morgan fingerprint density at radius 1 is 1.25 bits per heavy atom. The number of aromatic carboxylic acids is 1. The smallest absolute Gasteiger partial charge is 0.338 e. The van der Waals surface area contributed by atoms with Gasteiger partial charge in [0.05, 0.1) is 10.6 Å². The van der Waals surface area contributed by atoms with E-state index < -0.39 is 5.97 Å². The average Bonchev–Trinajstić information content (AvgIpc) is 2.37. The zero-order valence-corrected chi connectivity index (χ0v) is 11.8. The highest BCUT2D eigenvalue weighted by Gasteiger charge is 2.14. The highest BCUT2D eigenvalue weighted by molar-refractivity contribution is 6.35. The molecule has 0 bridgehead atoms. The predicted molar refractivity (Wildman–Crippen MR) is 78.6 cm³/mol. The third kappa shape index (κ3) is 3.15. The van der Waals surface area contributed by atoms with Crippen LogP contribution in [0, 0.1) is 0 Å². The topological polar surface area (TPSA) is 72.5 Å². The number of hydrogen-bond donors (Lipinski definition) is 2. The lowest BCUT2D eigenvalue weighted by molar-refractivity contribution is 0.0695. The molecule has 6 heteroatoms. The Labute approximate surface area is 125 Å². The Kier molecular flexibility index (Phi) is 4.37. The number of carboxylic acids is 1. The number of hydrogen-bond acceptors (Lipinski definition) is 3. The van der Waals surface area contributed by atoms with Crippen molar-refractivity contribution in [2.24, 2.45) is 0 Å². The van der Waals surface area contributed by atoms with Gasteiger partial charge in [-0.25, -0.2) is 4.79 Å². The molecule has 0 heterocycles. The molecule has 0 saturated carbocycles. The number of nitrogens with two attached hydrogens (primary N) is 1. The molecule has 0 fully saturated rings. The van der Waals surface area contributed by atoms with Gasteiger partial charge in [0, 0.05) is 16.3 Å². The SMILES string of the molecule is Nc1cccc(COc2ccc(Cl)cc2Cl)c1C(=O)O. The molecule has 2 aromatic rings. The van der Waals surface area contributed by atoms with Crippen LogP contribution < -0.4 is 10.5 Å². The summed E-state index contributed by atoms with van der Waals surface area (Å²) in [6.45, 7) is 0.0496. The minimum absolute atomic E-state index is 0.0394. The molecule has 3 N–H and O–H groups in total. The van der Waals surface area contributed by atoms with Crippen molar-refractivity contribution in [3.63, 3.8) is 0 Å². The van der Waals surface area contributed by atoms with Crippen LogP contribution in [-0.2, 0) is 6.61 Å². The Morgan fingerprint density at radius 2 is 2.00 bits per heavy atom. The van der Waals surface area contributed by atoms with E-state index in [0.717, 1.165) is 0 Å². The first-order valence-electron chi connectivity index (χ1n) is 5.67. The van der Waals surface area contributed by atoms with Crippen molar-refractivity contribution in [3.8, 4) is 5.75 Å². The number of anilines is 1. The molecule has 2 rings (SSSR count). The standard InChI is InChI=1S/C14H11Cl2NO3/c15-9-4-5-12(10(16)6-9)20-7-8-2-1-3-11(17)13(8)14(18)19/h1-6H,7,17H2,(H,18,19). The van der Waals surface area contributed by atoms with Gasteiger partial charge in [-0.05, 0) is 24.3 Å². The van der Waals surface area contributed by atoms with Crippen molar-refractivity contribution in [1.82, 2.24) is 0 Å². The van der Waals surface area contributed by atoms with E-state index in [1.807, 2.05) is 0 Å². The molecule has 0 unspecified atom stereocenters. The number of ether oxygens (including phenoxy) is 1. The van der Waals surface area contributed by atoms with Gasteiger partial charge in [0.1, 0.15) is 12.4 Å². The van der Waals surface area contributed by atoms with Crippen molar-refractivity contribution in [2.45, 2.75) is 6.61 Å². The summed E-state index contributed by atoms with van der Waals surface area (Å²) in [5.41, 5.74) is 6.37. The zero-order valence-electron chi connectivity index (χ0n) is 10.3. The molecular weight excluding hydrogens is 301 g/mol. The van der Waals surface area contributed by atoms with Crippen LogP contribution in [0.2, 0.25) is 10.0 Å². The maximum atomic E-state index is 11.2. The lowest BCUT2D eigenvalue weighted by Gasteiger charge is -2.11. The van der Waals surface area contributed by atoms with Gasteiger partial charge in [-0.2, -0.15) is 0 Å². The van der Waals surface area contributed by atoms with Gasteiger partial charge >= 0.3 is 5.97 Å². The van der Waals surface area contributed by atoms with Gasteiger partial charge in [0.15, 0.2) is 0 Å². The second kappa shape index (κ2) is 6.03. The number of halogens is 2. The highest BCUT2D eigenvalue weighted by Crippen LogP contribution is 2.28. The summed E-state index contributed by atoms with van der Waals surface area (Å²) >= 11 is 11.8. The lowest BCUT2D eigenvalue weighted by Crippen LogP contribution is -2.09. The maximum Gasteiger partial charge on any atom is 0.338 e. The lowest BCUT2D eigenvalue weighted by atomic mass is 10.1. The summed E-state index contributed by atoms with van der Waals surface area (Å²) in [4.78, 5) is 11.2. The fourth-order valence-corrected chi connectivity index (χ4v) is 2.21. The van der Waals surface area contributed by atoms with Crippen LogP contribution in [-0.4, -0.2) is 11.1 Å². The summed E-state index contributed by atoms with van der Waals surface area (Å²) in [5.74, 6) is -0.668. The van der Waals surface area contributed by atoms with E-state index in [1.165, 1.54) is 6.07 Å². The van der Waals surface area contributed by atoms with Crippen LogP contribution in [0.3, 0.4) is 0 Å². The minimum Gasteiger partial charge on any atom is -0.487 e. The molecule has 0 radical (unpaired) electrons. The van der Waals surface area contributed by atoms with E-state index >= 15 is 0 Å². The third-order valence-corrected chi connectivity index (χ3v) is 3.20. The number of nitrogen functional groups attached to an aromatic ring is 1. The van der Waals surface area contributed by atoms with Crippen LogP contribution >= 0.6 is 23.2 Å². The summed E-state index contributed by atoms with van der Waals surface area (Å²) in [6.07, 6.45) is 0. The summed E-state index contributed by atoms with van der Waals surface area (Å²) in [5, 5.41) is 10.0. The molecule has 0 amide bonds. The van der Waals surface area contributed by atoms with E-state index in [2.05, 4.69) is 0 Å². The number of rotatable bonds is 4. The average molecular weight is 312 g/mol. The van der Waals surface area contributed by atoms with E-state index in [9.17, 15) is 4.79 Å². The quantitative estimate of drug-likeness (QED) is 0.841. The van der Waals surface area contributed by atoms with Crippen molar-refractivity contribution < 1.29 is 14.6 Å². The number of carboxylic acid groups (broad SMARTS) is 1. The van der Waals surface area contributed by atoms with Crippen LogP contribution in [0.25, 0.3) is 0 Å². The van der Waals surface area contributed by atoms with Gasteiger partial charge in [-0.3, -0.25) is 0 Å². The van der Waals surface area contributed by atoms with Gasteiger partial charge in [-0.1, -0.05) is 35.3 Å². The first kappa shape index (κ1) is 14.5. The van der Waals surface area contributed by atoms with Crippen molar-refractivity contribution >= 4 is 34.9 Å². The van der Waals surface area contributed by atoms with Crippen molar-refractivity contribution in [1.29, 1.82) is 0 Å².